The molecule has 0 fully saturated rings. The van der Waals surface area contributed by atoms with E-state index in [0.29, 0.717) is 16.9 Å². The van der Waals surface area contributed by atoms with Gasteiger partial charge < -0.3 is 5.32 Å². The number of hydrogen-bond acceptors (Lipinski definition) is 5. The maximum Gasteiger partial charge on any atom is 0.273 e. The molecule has 0 spiro atoms. The Labute approximate surface area is 124 Å². The predicted molar refractivity (Wildman–Crippen MR) is 78.8 cm³/mol. The number of carbonyl (C=O) groups excluding carboxylic acids is 1. The van der Waals surface area contributed by atoms with Crippen LogP contribution in [0.1, 0.15) is 15.9 Å². The lowest BCUT2D eigenvalue weighted by atomic mass is 10.1. The van der Waals surface area contributed by atoms with Crippen LogP contribution in [-0.4, -0.2) is 25.4 Å². The van der Waals surface area contributed by atoms with Crippen LogP contribution in [0.25, 0.3) is 5.65 Å². The average Bonchev–Trinajstić information content (AvgIpc) is 2.94. The lowest BCUT2D eigenvalue weighted by molar-refractivity contribution is -0.385. The van der Waals surface area contributed by atoms with Crippen LogP contribution in [0.3, 0.4) is 0 Å². The first-order chi connectivity index (χ1) is 10.6. The van der Waals surface area contributed by atoms with Crippen LogP contribution in [0.15, 0.2) is 42.9 Å². The Hall–Kier alpha value is -3.29. The second-order valence-corrected chi connectivity index (χ2v) is 4.68. The van der Waals surface area contributed by atoms with Crippen molar-refractivity contribution in [2.45, 2.75) is 6.92 Å². The normalized spacial score (nSPS) is 10.6. The Morgan fingerprint density at radius 2 is 2.14 bits per heavy atom. The van der Waals surface area contributed by atoms with Gasteiger partial charge in [-0.05, 0) is 25.1 Å². The summed E-state index contributed by atoms with van der Waals surface area (Å²) in [7, 11) is 0. The topological polar surface area (TPSA) is 102 Å². The van der Waals surface area contributed by atoms with Gasteiger partial charge in [-0.1, -0.05) is 6.07 Å². The minimum absolute atomic E-state index is 0.0816. The molecule has 0 bridgehead atoms. The van der Waals surface area contributed by atoms with E-state index in [1.54, 1.807) is 35.7 Å². The third-order valence-corrected chi connectivity index (χ3v) is 3.30. The van der Waals surface area contributed by atoms with Gasteiger partial charge in [0.05, 0.1) is 10.6 Å². The molecule has 0 unspecified atom stereocenters. The van der Waals surface area contributed by atoms with Crippen LogP contribution in [0.5, 0.6) is 0 Å². The van der Waals surface area contributed by atoms with Gasteiger partial charge in [0.1, 0.15) is 6.33 Å². The number of hydrogen-bond donors (Lipinski definition) is 1. The molecule has 110 valence electrons. The molecular formula is C14H11N5O3. The molecule has 8 heteroatoms. The molecule has 8 nitrogen and oxygen atoms in total. The number of anilines is 1. The molecule has 2 aromatic heterocycles. The number of rotatable bonds is 3. The maximum absolute atomic E-state index is 12.3. The first-order valence-corrected chi connectivity index (χ1v) is 6.41. The molecule has 0 atom stereocenters. The maximum atomic E-state index is 12.3. The van der Waals surface area contributed by atoms with E-state index in [9.17, 15) is 14.9 Å². The largest absolute Gasteiger partial charge is 0.321 e. The van der Waals surface area contributed by atoms with Crippen LogP contribution in [0.2, 0.25) is 0 Å². The highest BCUT2D eigenvalue weighted by Gasteiger charge is 2.18. The van der Waals surface area contributed by atoms with Crippen LogP contribution < -0.4 is 5.32 Å². The number of nitro benzene ring substituents is 1. The Morgan fingerprint density at radius 3 is 2.91 bits per heavy atom. The molecule has 0 aliphatic heterocycles. The van der Waals surface area contributed by atoms with Gasteiger partial charge in [0.2, 0.25) is 0 Å². The van der Waals surface area contributed by atoms with Crippen LogP contribution in [0, 0.1) is 17.0 Å². The van der Waals surface area contributed by atoms with E-state index in [-0.39, 0.29) is 11.3 Å². The average molecular weight is 297 g/mol. The Balaban J connectivity index is 1.91. The Morgan fingerprint density at radius 1 is 1.32 bits per heavy atom. The number of fused-ring (bicyclic) bond motifs is 1. The standard InChI is InChI=1S/C14H11N5O3/c1-9-11(3-2-4-12(9)19(21)22)14(20)16-10-5-6-13-17-15-8-18(13)7-10/h2-8H,1H3,(H,16,20). The molecule has 2 heterocycles. The highest BCUT2D eigenvalue weighted by molar-refractivity contribution is 6.05. The van der Waals surface area contributed by atoms with Crippen molar-refractivity contribution in [1.29, 1.82) is 0 Å². The van der Waals surface area contributed by atoms with Crippen molar-refractivity contribution in [3.05, 3.63) is 64.1 Å². The van der Waals surface area contributed by atoms with E-state index in [1.807, 2.05) is 0 Å². The van der Waals surface area contributed by atoms with Gasteiger partial charge in [-0.2, -0.15) is 0 Å². The first-order valence-electron chi connectivity index (χ1n) is 6.41. The van der Waals surface area contributed by atoms with Crippen molar-refractivity contribution in [3.8, 4) is 0 Å². The van der Waals surface area contributed by atoms with Crippen molar-refractivity contribution >= 4 is 22.9 Å². The Bertz CT molecular complexity index is 887. The third kappa shape index (κ3) is 2.37. The van der Waals surface area contributed by atoms with Gasteiger partial charge in [-0.15, -0.1) is 10.2 Å². The summed E-state index contributed by atoms with van der Waals surface area (Å²) in [6, 6.07) is 7.81. The van der Waals surface area contributed by atoms with Gasteiger partial charge in [-0.3, -0.25) is 19.3 Å². The molecule has 1 amide bonds. The fourth-order valence-electron chi connectivity index (χ4n) is 2.17. The summed E-state index contributed by atoms with van der Waals surface area (Å²) in [5.41, 5.74) is 1.71. The first kappa shape index (κ1) is 13.7. The number of nitrogens with zero attached hydrogens (tertiary/aromatic N) is 4. The fourth-order valence-corrected chi connectivity index (χ4v) is 2.17. The van der Waals surface area contributed by atoms with Gasteiger partial charge in [0.25, 0.3) is 11.6 Å². The van der Waals surface area contributed by atoms with Gasteiger partial charge >= 0.3 is 0 Å². The van der Waals surface area contributed by atoms with Crippen LogP contribution in [-0.2, 0) is 0 Å². The van der Waals surface area contributed by atoms with E-state index in [4.69, 9.17) is 0 Å². The van der Waals surface area contributed by atoms with E-state index in [0.717, 1.165) is 0 Å². The van der Waals surface area contributed by atoms with Crippen molar-refractivity contribution in [3.63, 3.8) is 0 Å². The van der Waals surface area contributed by atoms with Gasteiger partial charge in [0.15, 0.2) is 5.65 Å². The highest BCUT2D eigenvalue weighted by atomic mass is 16.6. The molecule has 0 aliphatic rings. The third-order valence-electron chi connectivity index (χ3n) is 3.30. The second kappa shape index (κ2) is 5.24. The molecule has 0 aliphatic carbocycles. The number of benzene rings is 1. The van der Waals surface area contributed by atoms with Crippen LogP contribution >= 0.6 is 0 Å². The summed E-state index contributed by atoms with van der Waals surface area (Å²) < 4.78 is 1.66. The zero-order chi connectivity index (χ0) is 15.7. The SMILES string of the molecule is Cc1c(C(=O)Nc2ccc3nncn3c2)cccc1[N+](=O)[O-]. The predicted octanol–water partition coefficient (Wildman–Crippen LogP) is 2.20. The Kier molecular flexibility index (Phi) is 3.26. The highest BCUT2D eigenvalue weighted by Crippen LogP contribution is 2.22. The number of nitrogens with one attached hydrogen (secondary N) is 1. The summed E-state index contributed by atoms with van der Waals surface area (Å²) in [6.07, 6.45) is 3.18. The van der Waals surface area contributed by atoms with Crippen molar-refractivity contribution in [2.24, 2.45) is 0 Å². The van der Waals surface area contributed by atoms with Crippen molar-refractivity contribution < 1.29 is 9.72 Å². The molecule has 22 heavy (non-hydrogen) atoms. The second-order valence-electron chi connectivity index (χ2n) is 4.68. The van der Waals surface area contributed by atoms with Gasteiger partial charge in [0, 0.05) is 23.4 Å². The number of pyridine rings is 1. The molecule has 3 aromatic rings. The summed E-state index contributed by atoms with van der Waals surface area (Å²) in [5, 5.41) is 21.3. The number of aromatic nitrogens is 3. The number of amides is 1. The van der Waals surface area contributed by atoms with Crippen molar-refractivity contribution in [2.75, 3.05) is 5.32 Å². The zero-order valence-corrected chi connectivity index (χ0v) is 11.6. The lowest BCUT2D eigenvalue weighted by Gasteiger charge is -2.08. The quantitative estimate of drug-likeness (QED) is 0.589. The summed E-state index contributed by atoms with van der Waals surface area (Å²) in [6.45, 7) is 1.55. The molecule has 0 saturated carbocycles. The minimum Gasteiger partial charge on any atom is -0.321 e. The summed E-state index contributed by atoms with van der Waals surface area (Å²) in [5.74, 6) is -0.409. The van der Waals surface area contributed by atoms with E-state index >= 15 is 0 Å². The molecule has 1 aromatic carbocycles. The van der Waals surface area contributed by atoms with E-state index in [1.165, 1.54) is 18.5 Å². The van der Waals surface area contributed by atoms with E-state index in [2.05, 4.69) is 15.5 Å². The molecule has 3 rings (SSSR count). The monoisotopic (exact) mass is 297 g/mol. The number of nitro groups is 1. The zero-order valence-electron chi connectivity index (χ0n) is 11.6. The lowest BCUT2D eigenvalue weighted by Crippen LogP contribution is -2.14. The summed E-state index contributed by atoms with van der Waals surface area (Å²) >= 11 is 0. The van der Waals surface area contributed by atoms with Crippen LogP contribution in [0.4, 0.5) is 11.4 Å². The van der Waals surface area contributed by atoms with Gasteiger partial charge in [-0.25, -0.2) is 0 Å². The molecule has 0 radical (unpaired) electrons. The fraction of sp³-hybridized carbons (Fsp3) is 0.0714. The number of carbonyl (C=O) groups is 1. The smallest absolute Gasteiger partial charge is 0.273 e. The summed E-state index contributed by atoms with van der Waals surface area (Å²) in [4.78, 5) is 22.7. The van der Waals surface area contributed by atoms with Crippen molar-refractivity contribution in [1.82, 2.24) is 14.6 Å². The minimum atomic E-state index is -0.505. The molecular weight excluding hydrogens is 286 g/mol. The molecule has 0 saturated heterocycles. The van der Waals surface area contributed by atoms with E-state index < -0.39 is 10.8 Å². The molecule has 1 N–H and O–H groups in total.